The number of fused-ring (bicyclic) bond motifs is 4. The Morgan fingerprint density at radius 1 is 0.374 bits per heavy atom. The van der Waals surface area contributed by atoms with E-state index in [2.05, 4.69) is 263 Å². The van der Waals surface area contributed by atoms with Gasteiger partial charge in [0, 0.05) is 25.6 Å². The Morgan fingerprint density at radius 2 is 0.701 bits per heavy atom. The Kier molecular flexibility index (Phi) is 36.6. The number of ether oxygens (including phenoxy) is 2. The normalized spacial score (nSPS) is 33.9. The second kappa shape index (κ2) is 40.3. The molecule has 8 aliphatic carbocycles. The monoisotopic (exact) mass is 1700 g/mol. The maximum absolute atomic E-state index is 7.03. The number of rotatable bonds is 12. The van der Waals surface area contributed by atoms with E-state index in [1.165, 1.54) is 118 Å². The van der Waals surface area contributed by atoms with E-state index in [9.17, 15) is 0 Å². The van der Waals surface area contributed by atoms with Crippen LogP contribution in [0.15, 0.2) is 97.1 Å². The SMILES string of the molecule is CC(C)COC1C(c2ccccc2)C2CC(C)C(CC3C(C)CC4C(c5ccc(C(C)(C)C)cc5)CCCC34)C2CC1C(C)(C)C.COC1C(c2cc(C(C)(C)C)cc(C(C)(C)C)c2)C2CC(C)C(CC3C(C)CC4C(c5ccc(C(C)(C)C)cc5)CCCC34)C2CC1C(C)(C)C.[CH3-].[CH3-].[CH3-].[CH3-].[Cl][Zr+2][Cl].[Cl][Zr+2][Cl]. The van der Waals surface area contributed by atoms with Crippen LogP contribution in [0.4, 0.5) is 0 Å². The summed E-state index contributed by atoms with van der Waals surface area (Å²) in [6, 6.07) is 39.1. The molecule has 24 atom stereocenters. The van der Waals surface area contributed by atoms with Gasteiger partial charge in [0.1, 0.15) is 0 Å². The van der Waals surface area contributed by atoms with Crippen LogP contribution in [-0.2, 0) is 72.8 Å². The summed E-state index contributed by atoms with van der Waals surface area (Å²) in [5.41, 5.74) is 13.4. The molecule has 0 aliphatic heterocycles. The molecule has 8 fully saturated rings. The predicted molar refractivity (Wildman–Crippen MR) is 465 cm³/mol. The number of halogens is 4. The first-order chi connectivity index (χ1) is 48.2. The van der Waals surface area contributed by atoms with E-state index in [4.69, 9.17) is 43.5 Å². The standard InChI is InChI=1S/C50H78O.C45H68O.4CH3.4ClH.2Zr/c1-30-23-41-37(32-19-21-34(22-20-32)47(3,4)5)17-16-18-38(41)39(30)28-40-31(2)24-43-42(40)29-44(50(12,13)14)46(51-15)45(43)33-25-35(48(6,7)8)27-36(26-33)49(9,10)11;1-28(2)27-46-43-41(45(8,9)10)26-39-37(30(4)24-40(39)42(43)32-15-12-11-13-16-32)25-36-29(3)23-38-34(17-14-18-35(36)38)31-19-21-33(22-20-31)44(5,6)7;;;;;;;;;;/h19-22,25-27,30-31,37-46H,16-18,23-24,28-29H2,1-15H3;11-13,15-16,19-22,28-30,34-43H,14,17-18,23-27H2,1-10H3;4*1H3;4*1H;;/q;;4*-1;;;;;2*+4/p-4. The van der Waals surface area contributed by atoms with Crippen molar-refractivity contribution in [3.63, 3.8) is 0 Å². The van der Waals surface area contributed by atoms with Crippen LogP contribution in [0, 0.1) is 153 Å². The van der Waals surface area contributed by atoms with Gasteiger partial charge in [0.15, 0.2) is 0 Å². The maximum atomic E-state index is 7.03. The van der Waals surface area contributed by atoms with Crippen molar-refractivity contribution in [2.45, 2.75) is 314 Å². The van der Waals surface area contributed by atoms with Gasteiger partial charge >= 0.3 is 75.7 Å². The molecule has 4 aromatic rings. The fraction of sp³-hybridized carbons (Fsp3) is 0.717. The summed E-state index contributed by atoms with van der Waals surface area (Å²) in [6.07, 6.45) is 20.3. The topological polar surface area (TPSA) is 18.5 Å². The molecule has 12 rings (SSSR count). The molecule has 0 N–H and O–H groups in total. The van der Waals surface area contributed by atoms with Crippen molar-refractivity contribution in [1.82, 2.24) is 0 Å². The molecule has 0 radical (unpaired) electrons. The first kappa shape index (κ1) is 97.3. The van der Waals surface area contributed by atoms with Gasteiger partial charge in [0.25, 0.3) is 0 Å². The Balaban J connectivity index is 0.000000347. The summed E-state index contributed by atoms with van der Waals surface area (Å²) in [7, 11) is 21.8. The van der Waals surface area contributed by atoms with Crippen LogP contribution in [0.1, 0.15) is 324 Å². The fourth-order valence-corrected chi connectivity index (χ4v) is 24.1. The zero-order valence-electron chi connectivity index (χ0n) is 73.6. The van der Waals surface area contributed by atoms with Crippen LogP contribution >= 0.6 is 34.1 Å². The Morgan fingerprint density at radius 3 is 1.03 bits per heavy atom. The van der Waals surface area contributed by atoms with Gasteiger partial charge < -0.3 is 39.2 Å². The minimum atomic E-state index is -0.826. The molecule has 0 spiro atoms. The average molecular weight is 1700 g/mol. The predicted octanol–water partition coefficient (Wildman–Crippen LogP) is 30.7. The summed E-state index contributed by atoms with van der Waals surface area (Å²) in [5.74, 6) is 17.5. The zero-order chi connectivity index (χ0) is 75.8. The molecular weight excluding hydrogens is 1550 g/mol. The molecule has 0 saturated heterocycles. The van der Waals surface area contributed by atoms with Gasteiger partial charge in [-0.15, -0.1) is 0 Å². The quantitative estimate of drug-likeness (QED) is 0.132. The van der Waals surface area contributed by atoms with E-state index in [1.807, 2.05) is 7.11 Å². The van der Waals surface area contributed by atoms with Crippen molar-refractivity contribution in [3.05, 3.63) is 171 Å². The fourth-order valence-electron chi connectivity index (χ4n) is 24.1. The van der Waals surface area contributed by atoms with E-state index in [0.717, 1.165) is 107 Å². The number of hydrogen-bond acceptors (Lipinski definition) is 2. The third-order valence-corrected chi connectivity index (χ3v) is 29.4. The van der Waals surface area contributed by atoms with E-state index < -0.39 is 41.7 Å². The first-order valence-corrected chi connectivity index (χ1v) is 54.3. The Labute approximate surface area is 700 Å². The van der Waals surface area contributed by atoms with Gasteiger partial charge in [-0.05, 0) is 278 Å². The van der Waals surface area contributed by atoms with Crippen molar-refractivity contribution in [2.24, 2.45) is 123 Å². The van der Waals surface area contributed by atoms with Gasteiger partial charge in [-0.1, -0.05) is 276 Å². The minimum absolute atomic E-state index is 0. The molecule has 107 heavy (non-hydrogen) atoms. The van der Waals surface area contributed by atoms with Gasteiger partial charge in [-0.3, -0.25) is 0 Å². The van der Waals surface area contributed by atoms with Crippen LogP contribution in [0.2, 0.25) is 0 Å². The van der Waals surface area contributed by atoms with Crippen molar-refractivity contribution >= 4 is 34.1 Å². The molecule has 2 nitrogen and oxygen atoms in total. The third-order valence-electron chi connectivity index (χ3n) is 29.4. The Hall–Kier alpha value is -0.274. The van der Waals surface area contributed by atoms with E-state index in [1.54, 1.807) is 16.7 Å². The molecule has 0 heterocycles. The number of methoxy groups -OCH3 is 1. The molecule has 4 aromatic carbocycles. The molecule has 602 valence electrons. The van der Waals surface area contributed by atoms with Gasteiger partial charge in [-0.25, -0.2) is 0 Å². The summed E-state index contributed by atoms with van der Waals surface area (Å²) < 4.78 is 13.8. The van der Waals surface area contributed by atoms with E-state index in [0.29, 0.717) is 41.6 Å². The van der Waals surface area contributed by atoms with Crippen molar-refractivity contribution < 1.29 is 51.2 Å². The Bertz CT molecular complexity index is 3220. The second-order valence-corrected chi connectivity index (χ2v) is 49.8. The van der Waals surface area contributed by atoms with Crippen LogP contribution in [0.25, 0.3) is 0 Å². The van der Waals surface area contributed by atoms with Gasteiger partial charge in [-0.2, -0.15) is 0 Å². The number of benzene rings is 4. The summed E-state index contributed by atoms with van der Waals surface area (Å²) in [5, 5.41) is 0. The molecular formula is C99H158Cl4O2Zr2. The van der Waals surface area contributed by atoms with Crippen LogP contribution < -0.4 is 0 Å². The van der Waals surface area contributed by atoms with Crippen molar-refractivity contribution in [2.75, 3.05) is 13.7 Å². The first-order valence-electron chi connectivity index (χ1n) is 41.6. The van der Waals surface area contributed by atoms with Crippen LogP contribution in [0.5, 0.6) is 0 Å². The molecule has 24 unspecified atom stereocenters. The number of hydrogen-bond donors (Lipinski definition) is 0. The molecule has 8 heteroatoms. The molecule has 0 amide bonds. The molecule has 8 saturated carbocycles. The van der Waals surface area contributed by atoms with Crippen molar-refractivity contribution in [3.8, 4) is 0 Å². The second-order valence-electron chi connectivity index (χ2n) is 42.4. The van der Waals surface area contributed by atoms with Gasteiger partial charge in [0.2, 0.25) is 0 Å². The van der Waals surface area contributed by atoms with E-state index in [-0.39, 0.29) is 68.3 Å². The zero-order valence-corrected chi connectivity index (χ0v) is 81.5. The summed E-state index contributed by atoms with van der Waals surface area (Å²) in [4.78, 5) is 0. The van der Waals surface area contributed by atoms with Gasteiger partial charge in [0.05, 0.1) is 12.2 Å². The summed E-state index contributed by atoms with van der Waals surface area (Å²) >= 11 is -1.65. The summed E-state index contributed by atoms with van der Waals surface area (Å²) in [6.45, 7) is 59.5. The molecule has 0 bridgehead atoms. The van der Waals surface area contributed by atoms with E-state index >= 15 is 0 Å². The van der Waals surface area contributed by atoms with Crippen LogP contribution in [-0.4, -0.2) is 25.9 Å². The third kappa shape index (κ3) is 22.9. The molecule has 0 aromatic heterocycles. The van der Waals surface area contributed by atoms with Crippen LogP contribution in [0.3, 0.4) is 0 Å². The van der Waals surface area contributed by atoms with Crippen molar-refractivity contribution in [1.29, 1.82) is 0 Å². The average Bonchev–Trinajstić information content (AvgIpc) is 1.71. The molecule has 8 aliphatic rings.